The molecule has 0 aromatic heterocycles. The molecular formula is C10H17NO2. The second-order valence-corrected chi connectivity index (χ2v) is 3.55. The Balaban J connectivity index is 2.42. The summed E-state index contributed by atoms with van der Waals surface area (Å²) < 4.78 is 0. The van der Waals surface area contributed by atoms with E-state index in [-0.39, 0.29) is 5.92 Å². The lowest BCUT2D eigenvalue weighted by molar-refractivity contribution is 0.0850. The van der Waals surface area contributed by atoms with Crippen molar-refractivity contribution in [1.29, 1.82) is 5.26 Å². The largest absolute Gasteiger partial charge is 0.249 e. The molecule has 0 aliphatic carbocycles. The molecule has 1 atom stereocenters. The average Bonchev–Trinajstić information content (AvgIpc) is 2.88. The summed E-state index contributed by atoms with van der Waals surface area (Å²) in [5, 5.41) is 8.94. The van der Waals surface area contributed by atoms with Crippen LogP contribution in [-0.4, -0.2) is 5.79 Å². The Morgan fingerprint density at radius 2 is 2.00 bits per heavy atom. The van der Waals surface area contributed by atoms with Crippen LogP contribution in [0.25, 0.3) is 0 Å². The third-order valence-electron chi connectivity index (χ3n) is 2.43. The van der Waals surface area contributed by atoms with Gasteiger partial charge in [0.05, 0.1) is 6.07 Å². The molecule has 0 bridgehead atoms. The number of hydrogen-bond donors (Lipinski definition) is 0. The third-order valence-corrected chi connectivity index (χ3v) is 2.43. The van der Waals surface area contributed by atoms with Gasteiger partial charge in [0.1, 0.15) is 5.92 Å². The van der Waals surface area contributed by atoms with E-state index in [1.807, 2.05) is 0 Å². The van der Waals surface area contributed by atoms with E-state index in [2.05, 4.69) is 19.9 Å². The lowest BCUT2D eigenvalue weighted by atomic mass is 9.92. The maximum atomic E-state index is 8.94. The first-order valence-electron chi connectivity index (χ1n) is 5.05. The molecule has 0 spiro atoms. The van der Waals surface area contributed by atoms with Crippen LogP contribution >= 0.6 is 0 Å². The maximum absolute atomic E-state index is 8.94. The van der Waals surface area contributed by atoms with Crippen molar-refractivity contribution in [2.24, 2.45) is 5.92 Å². The normalized spacial score (nSPS) is 20.7. The van der Waals surface area contributed by atoms with Crippen LogP contribution in [0.5, 0.6) is 0 Å². The fraction of sp³-hybridized carbons (Fsp3) is 0.900. The summed E-state index contributed by atoms with van der Waals surface area (Å²) >= 11 is 0. The van der Waals surface area contributed by atoms with Gasteiger partial charge in [-0.15, -0.1) is 0 Å². The Morgan fingerprint density at radius 1 is 1.31 bits per heavy atom. The number of rotatable bonds is 6. The SMILES string of the molecule is CCCCC(C#N)C1(CCC)OO1. The summed E-state index contributed by atoms with van der Waals surface area (Å²) in [7, 11) is 0. The first-order valence-corrected chi connectivity index (χ1v) is 5.05. The highest BCUT2D eigenvalue weighted by molar-refractivity contribution is 4.96. The third kappa shape index (κ3) is 2.43. The summed E-state index contributed by atoms with van der Waals surface area (Å²) in [5.41, 5.74) is 0. The molecule has 1 rings (SSSR count). The van der Waals surface area contributed by atoms with Crippen LogP contribution in [0.3, 0.4) is 0 Å². The van der Waals surface area contributed by atoms with E-state index in [1.54, 1.807) is 0 Å². The van der Waals surface area contributed by atoms with Crippen LogP contribution in [0.2, 0.25) is 0 Å². The predicted molar refractivity (Wildman–Crippen MR) is 48.4 cm³/mol. The zero-order chi connectivity index (χ0) is 9.73. The summed E-state index contributed by atoms with van der Waals surface area (Å²) in [5.74, 6) is -0.633. The highest BCUT2D eigenvalue weighted by Gasteiger charge is 2.54. The quantitative estimate of drug-likeness (QED) is 0.470. The molecular weight excluding hydrogens is 166 g/mol. The van der Waals surface area contributed by atoms with Crippen LogP contribution in [-0.2, 0) is 9.78 Å². The van der Waals surface area contributed by atoms with Crippen LogP contribution < -0.4 is 0 Å². The molecule has 3 nitrogen and oxygen atoms in total. The highest BCUT2D eigenvalue weighted by Crippen LogP contribution is 2.43. The van der Waals surface area contributed by atoms with Gasteiger partial charge >= 0.3 is 0 Å². The summed E-state index contributed by atoms with van der Waals surface area (Å²) in [4.78, 5) is 9.93. The molecule has 0 N–H and O–H groups in total. The second-order valence-electron chi connectivity index (χ2n) is 3.55. The second kappa shape index (κ2) is 4.59. The van der Waals surface area contributed by atoms with Crippen LogP contribution in [0.15, 0.2) is 0 Å². The molecule has 1 fully saturated rings. The predicted octanol–water partition coefficient (Wildman–Crippen LogP) is 2.77. The van der Waals surface area contributed by atoms with E-state index in [0.717, 1.165) is 32.1 Å². The molecule has 1 saturated heterocycles. The lowest BCUT2D eigenvalue weighted by Gasteiger charge is -2.11. The van der Waals surface area contributed by atoms with E-state index in [0.29, 0.717) is 0 Å². The Kier molecular flexibility index (Phi) is 3.71. The minimum absolute atomic E-state index is 0.0904. The van der Waals surface area contributed by atoms with Crippen molar-refractivity contribution in [3.63, 3.8) is 0 Å². The summed E-state index contributed by atoms with van der Waals surface area (Å²) in [6.45, 7) is 4.19. The van der Waals surface area contributed by atoms with Gasteiger partial charge in [-0.2, -0.15) is 15.0 Å². The average molecular weight is 183 g/mol. The fourth-order valence-electron chi connectivity index (χ4n) is 1.57. The van der Waals surface area contributed by atoms with Crippen LogP contribution in [0.1, 0.15) is 46.0 Å². The summed E-state index contributed by atoms with van der Waals surface area (Å²) in [6.07, 6.45) is 4.88. The van der Waals surface area contributed by atoms with E-state index < -0.39 is 5.79 Å². The Morgan fingerprint density at radius 3 is 2.38 bits per heavy atom. The fourth-order valence-corrected chi connectivity index (χ4v) is 1.57. The van der Waals surface area contributed by atoms with E-state index >= 15 is 0 Å². The monoisotopic (exact) mass is 183 g/mol. The van der Waals surface area contributed by atoms with Crippen molar-refractivity contribution in [2.75, 3.05) is 0 Å². The standard InChI is InChI=1S/C10H17NO2/c1-3-5-6-9(8-11)10(7-4-2)12-13-10/h9H,3-7H2,1-2H3. The Hall–Kier alpha value is -0.590. The van der Waals surface area contributed by atoms with E-state index in [1.165, 1.54) is 0 Å². The smallest absolute Gasteiger partial charge is 0.198 e. The molecule has 0 radical (unpaired) electrons. The minimum atomic E-state index is -0.543. The topological polar surface area (TPSA) is 48.9 Å². The van der Waals surface area contributed by atoms with Crippen molar-refractivity contribution >= 4 is 0 Å². The first kappa shape index (κ1) is 10.5. The zero-order valence-corrected chi connectivity index (χ0v) is 8.38. The van der Waals surface area contributed by atoms with Crippen LogP contribution in [0, 0.1) is 17.2 Å². The molecule has 0 amide bonds. The van der Waals surface area contributed by atoms with Crippen LogP contribution in [0.4, 0.5) is 0 Å². The van der Waals surface area contributed by atoms with Gasteiger partial charge in [0, 0.05) is 6.42 Å². The molecule has 0 aromatic carbocycles. The molecule has 3 heteroatoms. The number of nitrogens with zero attached hydrogens (tertiary/aromatic N) is 1. The van der Waals surface area contributed by atoms with Gasteiger partial charge in [0.25, 0.3) is 0 Å². The Bertz CT molecular complexity index is 194. The van der Waals surface area contributed by atoms with Gasteiger partial charge in [-0.25, -0.2) is 0 Å². The number of nitriles is 1. The van der Waals surface area contributed by atoms with Crippen molar-refractivity contribution in [3.05, 3.63) is 0 Å². The van der Waals surface area contributed by atoms with Gasteiger partial charge in [-0.1, -0.05) is 33.1 Å². The van der Waals surface area contributed by atoms with Gasteiger partial charge < -0.3 is 0 Å². The van der Waals surface area contributed by atoms with Gasteiger partial charge in [-0.05, 0) is 6.42 Å². The lowest BCUT2D eigenvalue weighted by Crippen LogP contribution is -2.22. The molecule has 1 aliphatic heterocycles. The van der Waals surface area contributed by atoms with Crippen molar-refractivity contribution < 1.29 is 9.78 Å². The number of unbranched alkanes of at least 4 members (excludes halogenated alkanes) is 1. The van der Waals surface area contributed by atoms with Crippen molar-refractivity contribution in [1.82, 2.24) is 0 Å². The molecule has 1 unspecified atom stereocenters. The molecule has 1 heterocycles. The summed E-state index contributed by atoms with van der Waals surface area (Å²) in [6, 6.07) is 2.27. The van der Waals surface area contributed by atoms with E-state index in [4.69, 9.17) is 15.0 Å². The maximum Gasteiger partial charge on any atom is 0.249 e. The van der Waals surface area contributed by atoms with Gasteiger partial charge in [0.15, 0.2) is 0 Å². The van der Waals surface area contributed by atoms with Crippen molar-refractivity contribution in [2.45, 2.75) is 51.7 Å². The molecule has 1 aliphatic rings. The highest BCUT2D eigenvalue weighted by atomic mass is 17.4. The molecule has 74 valence electrons. The Labute approximate surface area is 79.6 Å². The van der Waals surface area contributed by atoms with Gasteiger partial charge in [0.2, 0.25) is 5.79 Å². The van der Waals surface area contributed by atoms with E-state index in [9.17, 15) is 0 Å². The number of hydrogen-bond acceptors (Lipinski definition) is 3. The van der Waals surface area contributed by atoms with Crippen molar-refractivity contribution in [3.8, 4) is 6.07 Å². The molecule has 0 saturated carbocycles. The first-order chi connectivity index (χ1) is 6.29. The molecule has 13 heavy (non-hydrogen) atoms. The van der Waals surface area contributed by atoms with Gasteiger partial charge in [-0.3, -0.25) is 0 Å². The minimum Gasteiger partial charge on any atom is -0.198 e. The zero-order valence-electron chi connectivity index (χ0n) is 8.38. The molecule has 0 aromatic rings.